The largest absolute Gasteiger partial charge is 0.349 e. The molecule has 0 aromatic heterocycles. The molecule has 0 aromatic carbocycles. The van der Waals surface area contributed by atoms with Crippen LogP contribution in [0.4, 0.5) is 0 Å². The van der Waals surface area contributed by atoms with Crippen LogP contribution in [0.15, 0.2) is 0 Å². The van der Waals surface area contributed by atoms with Crippen molar-refractivity contribution < 1.29 is 4.79 Å². The van der Waals surface area contributed by atoms with Crippen molar-refractivity contribution in [2.24, 2.45) is 27.9 Å². The molecule has 4 aliphatic carbocycles. The Morgan fingerprint density at radius 2 is 1.62 bits per heavy atom. The lowest BCUT2D eigenvalue weighted by Gasteiger charge is -2.65. The summed E-state index contributed by atoms with van der Waals surface area (Å²) in [4.78, 5) is 12.6. The first-order valence-corrected chi connectivity index (χ1v) is 8.52. The van der Waals surface area contributed by atoms with Crippen LogP contribution in [0.25, 0.3) is 0 Å². The second-order valence-electron chi connectivity index (χ2n) is 10.2. The van der Waals surface area contributed by atoms with Gasteiger partial charge in [-0.15, -0.1) is 0 Å². The summed E-state index contributed by atoms with van der Waals surface area (Å²) in [7, 11) is 0. The molecule has 3 N–H and O–H groups in total. The van der Waals surface area contributed by atoms with Gasteiger partial charge in [-0.3, -0.25) is 4.79 Å². The van der Waals surface area contributed by atoms with E-state index in [1.807, 2.05) is 20.8 Å². The predicted octanol–water partition coefficient (Wildman–Crippen LogP) is 3.23. The highest BCUT2D eigenvalue weighted by Gasteiger charge is 2.60. The molecule has 4 saturated carbocycles. The Hall–Kier alpha value is -0.570. The minimum atomic E-state index is -0.425. The Bertz CT molecular complexity index is 446. The summed E-state index contributed by atoms with van der Waals surface area (Å²) in [5, 5.41) is 3.42. The van der Waals surface area contributed by atoms with Crippen LogP contribution in [0.1, 0.15) is 73.1 Å². The van der Waals surface area contributed by atoms with Crippen LogP contribution < -0.4 is 11.1 Å². The molecular formula is C18H32N2O. The number of hydrogen-bond donors (Lipinski definition) is 2. The average molecular weight is 292 g/mol. The number of amides is 1. The Morgan fingerprint density at radius 1 is 1.10 bits per heavy atom. The van der Waals surface area contributed by atoms with Gasteiger partial charge in [-0.05, 0) is 60.7 Å². The molecule has 0 radical (unpaired) electrons. The Balaban J connectivity index is 1.81. The molecule has 3 atom stereocenters. The summed E-state index contributed by atoms with van der Waals surface area (Å²) in [6.07, 6.45) is 7.50. The molecule has 0 heterocycles. The third-order valence-corrected chi connectivity index (χ3v) is 6.23. The van der Waals surface area contributed by atoms with Crippen LogP contribution >= 0.6 is 0 Å². The van der Waals surface area contributed by atoms with Crippen molar-refractivity contribution in [3.8, 4) is 0 Å². The molecule has 21 heavy (non-hydrogen) atoms. The lowest BCUT2D eigenvalue weighted by molar-refractivity contribution is -0.142. The van der Waals surface area contributed by atoms with E-state index in [9.17, 15) is 4.79 Å². The molecule has 3 unspecified atom stereocenters. The first-order chi connectivity index (χ1) is 9.45. The maximum atomic E-state index is 12.6. The predicted molar refractivity (Wildman–Crippen MR) is 85.7 cm³/mol. The van der Waals surface area contributed by atoms with Gasteiger partial charge in [0.2, 0.25) is 5.91 Å². The van der Waals surface area contributed by atoms with Crippen molar-refractivity contribution in [1.29, 1.82) is 0 Å². The third-order valence-electron chi connectivity index (χ3n) is 6.23. The normalized spacial score (nSPS) is 46.5. The van der Waals surface area contributed by atoms with Gasteiger partial charge in [0.1, 0.15) is 0 Å². The minimum absolute atomic E-state index is 0.0167. The Kier molecular flexibility index (Phi) is 3.10. The second-order valence-corrected chi connectivity index (χ2v) is 10.2. The number of carbonyl (C=O) groups is 1. The van der Waals surface area contributed by atoms with Crippen molar-refractivity contribution in [2.45, 2.75) is 84.7 Å². The molecule has 4 rings (SSSR count). The van der Waals surface area contributed by atoms with Crippen molar-refractivity contribution in [3.05, 3.63) is 0 Å². The number of nitrogens with two attached hydrogens (primary N) is 1. The molecule has 4 fully saturated rings. The Morgan fingerprint density at radius 3 is 2.05 bits per heavy atom. The first kappa shape index (κ1) is 15.3. The monoisotopic (exact) mass is 292 g/mol. The molecular weight excluding hydrogens is 260 g/mol. The smallest absolute Gasteiger partial charge is 0.237 e. The number of nitrogens with one attached hydrogen (secondary N) is 1. The van der Waals surface area contributed by atoms with E-state index >= 15 is 0 Å². The topological polar surface area (TPSA) is 55.1 Å². The van der Waals surface area contributed by atoms with Crippen LogP contribution in [0.2, 0.25) is 0 Å². The molecule has 4 bridgehead atoms. The summed E-state index contributed by atoms with van der Waals surface area (Å²) in [6, 6.07) is -0.425. The highest BCUT2D eigenvalue weighted by molar-refractivity contribution is 5.83. The van der Waals surface area contributed by atoms with E-state index in [0.717, 1.165) is 18.8 Å². The maximum absolute atomic E-state index is 12.6. The standard InChI is InChI=1S/C18H32N2O/c1-15(2,3)13(19)14(21)20-18-8-12-6-16(4,10-18)9-17(5,7-12)11-18/h12-13H,6-11,19H2,1-5H3,(H,20,21). The zero-order valence-electron chi connectivity index (χ0n) is 14.4. The van der Waals surface area contributed by atoms with Gasteiger partial charge >= 0.3 is 0 Å². The second kappa shape index (κ2) is 4.24. The Labute approximate surface area is 129 Å². The lowest BCUT2D eigenvalue weighted by atomic mass is 9.42. The lowest BCUT2D eigenvalue weighted by Crippen LogP contribution is -2.67. The molecule has 0 aromatic rings. The van der Waals surface area contributed by atoms with E-state index in [4.69, 9.17) is 5.73 Å². The molecule has 0 aliphatic heterocycles. The molecule has 4 aliphatic rings. The van der Waals surface area contributed by atoms with Crippen LogP contribution in [-0.2, 0) is 4.79 Å². The number of carbonyl (C=O) groups excluding carboxylic acids is 1. The highest BCUT2D eigenvalue weighted by atomic mass is 16.2. The summed E-state index contributed by atoms with van der Waals surface area (Å²) in [5.74, 6) is 0.846. The van der Waals surface area contributed by atoms with Crippen molar-refractivity contribution in [2.75, 3.05) is 0 Å². The van der Waals surface area contributed by atoms with Gasteiger partial charge in [-0.2, -0.15) is 0 Å². The van der Waals surface area contributed by atoms with Crippen LogP contribution in [0.5, 0.6) is 0 Å². The zero-order valence-corrected chi connectivity index (χ0v) is 14.4. The summed E-state index contributed by atoms with van der Waals surface area (Å²) >= 11 is 0. The quantitative estimate of drug-likeness (QED) is 0.821. The summed E-state index contributed by atoms with van der Waals surface area (Å²) in [5.41, 5.74) is 6.86. The molecule has 0 saturated heterocycles. The van der Waals surface area contributed by atoms with Crippen LogP contribution in [0.3, 0.4) is 0 Å². The SMILES string of the molecule is CC12CC3CC(C)(C1)CC(NC(=O)C(N)C(C)(C)C)(C3)C2. The molecule has 3 nitrogen and oxygen atoms in total. The van der Waals surface area contributed by atoms with E-state index < -0.39 is 6.04 Å². The fourth-order valence-corrected chi connectivity index (χ4v) is 6.32. The fraction of sp³-hybridized carbons (Fsp3) is 0.944. The number of hydrogen-bond acceptors (Lipinski definition) is 2. The van der Waals surface area contributed by atoms with Gasteiger partial charge < -0.3 is 11.1 Å². The van der Waals surface area contributed by atoms with Crippen molar-refractivity contribution in [1.82, 2.24) is 5.32 Å². The van der Waals surface area contributed by atoms with Crippen molar-refractivity contribution in [3.63, 3.8) is 0 Å². The zero-order chi connectivity index (χ0) is 15.7. The fourth-order valence-electron chi connectivity index (χ4n) is 6.32. The molecule has 1 amide bonds. The molecule has 0 spiro atoms. The van der Waals surface area contributed by atoms with E-state index in [1.54, 1.807) is 0 Å². The summed E-state index contributed by atoms with van der Waals surface area (Å²) < 4.78 is 0. The third kappa shape index (κ3) is 2.62. The van der Waals surface area contributed by atoms with Gasteiger partial charge in [0.15, 0.2) is 0 Å². The van der Waals surface area contributed by atoms with E-state index in [0.29, 0.717) is 10.8 Å². The van der Waals surface area contributed by atoms with Gasteiger partial charge in [-0.25, -0.2) is 0 Å². The van der Waals surface area contributed by atoms with Gasteiger partial charge in [0, 0.05) is 5.54 Å². The van der Waals surface area contributed by atoms with E-state index in [2.05, 4.69) is 19.2 Å². The van der Waals surface area contributed by atoms with E-state index in [-0.39, 0.29) is 16.9 Å². The minimum Gasteiger partial charge on any atom is -0.349 e. The van der Waals surface area contributed by atoms with E-state index in [1.165, 1.54) is 25.7 Å². The summed E-state index contributed by atoms with van der Waals surface area (Å²) in [6.45, 7) is 11.0. The average Bonchev–Trinajstić information content (AvgIpc) is 2.20. The first-order valence-electron chi connectivity index (χ1n) is 8.52. The van der Waals surface area contributed by atoms with Crippen LogP contribution in [-0.4, -0.2) is 17.5 Å². The molecule has 3 heteroatoms. The molecule has 120 valence electrons. The van der Waals surface area contributed by atoms with Crippen LogP contribution in [0, 0.1) is 22.2 Å². The van der Waals surface area contributed by atoms with Gasteiger partial charge in [0.05, 0.1) is 6.04 Å². The highest BCUT2D eigenvalue weighted by Crippen LogP contribution is 2.66. The van der Waals surface area contributed by atoms with Gasteiger partial charge in [-0.1, -0.05) is 34.6 Å². The van der Waals surface area contributed by atoms with Gasteiger partial charge in [0.25, 0.3) is 0 Å². The van der Waals surface area contributed by atoms with Crippen molar-refractivity contribution >= 4 is 5.91 Å². The maximum Gasteiger partial charge on any atom is 0.237 e. The number of rotatable bonds is 2.